The largest absolute Gasteiger partial charge is 0.335 e. The summed E-state index contributed by atoms with van der Waals surface area (Å²) in [6, 6.07) is 0.467. The third kappa shape index (κ3) is 2.48. The summed E-state index contributed by atoms with van der Waals surface area (Å²) in [5.74, 6) is 0. The third-order valence-corrected chi connectivity index (χ3v) is 2.60. The Balaban J connectivity index is 2.49. The number of hydrogen-bond acceptors (Lipinski definition) is 1. The van der Waals surface area contributed by atoms with E-state index in [2.05, 4.69) is 39.0 Å². The number of rotatable bonds is 4. The van der Waals surface area contributed by atoms with Crippen LogP contribution in [0.15, 0.2) is 31.4 Å². The molecule has 0 amide bonds. The highest BCUT2D eigenvalue weighted by Crippen LogP contribution is 2.17. The first-order valence-corrected chi connectivity index (χ1v) is 4.89. The van der Waals surface area contributed by atoms with Crippen molar-refractivity contribution in [2.45, 2.75) is 24.2 Å². The number of allylic oxidation sites excluding steroid dienone is 1. The van der Waals surface area contributed by atoms with Gasteiger partial charge in [-0.25, -0.2) is 4.98 Å². The van der Waals surface area contributed by atoms with Crippen molar-refractivity contribution in [3.8, 4) is 0 Å². The average molecular weight is 229 g/mol. The van der Waals surface area contributed by atoms with E-state index in [1.165, 1.54) is 0 Å². The minimum Gasteiger partial charge on any atom is -0.335 e. The van der Waals surface area contributed by atoms with Crippen LogP contribution in [-0.2, 0) is 0 Å². The fraction of sp³-hybridized carbons (Fsp3) is 0.444. The first-order chi connectivity index (χ1) is 5.74. The van der Waals surface area contributed by atoms with Gasteiger partial charge in [-0.3, -0.25) is 0 Å². The maximum atomic E-state index is 4.00. The lowest BCUT2D eigenvalue weighted by molar-refractivity contribution is 0.518. The molecule has 0 N–H and O–H groups in total. The van der Waals surface area contributed by atoms with E-state index in [-0.39, 0.29) is 0 Å². The van der Waals surface area contributed by atoms with Crippen LogP contribution in [0.25, 0.3) is 0 Å². The molecule has 1 aromatic rings. The van der Waals surface area contributed by atoms with E-state index in [1.807, 2.05) is 18.6 Å². The summed E-state index contributed by atoms with van der Waals surface area (Å²) in [5, 5.41) is 0. The zero-order chi connectivity index (χ0) is 8.97. The lowest BCUT2D eigenvalue weighted by Gasteiger charge is -2.14. The van der Waals surface area contributed by atoms with Gasteiger partial charge in [0.05, 0.1) is 6.33 Å². The Kier molecular flexibility index (Phi) is 3.53. The molecule has 0 aliphatic rings. The summed E-state index contributed by atoms with van der Waals surface area (Å²) < 4.78 is 2.10. The molecule has 2 atom stereocenters. The van der Waals surface area contributed by atoms with Crippen LogP contribution < -0.4 is 0 Å². The quantitative estimate of drug-likeness (QED) is 0.573. The molecule has 0 saturated heterocycles. The van der Waals surface area contributed by atoms with Crippen LogP contribution in [-0.4, -0.2) is 14.4 Å². The second-order valence-electron chi connectivity index (χ2n) is 2.85. The van der Waals surface area contributed by atoms with Crippen LogP contribution in [0.1, 0.15) is 19.4 Å². The molecule has 1 rings (SSSR count). The topological polar surface area (TPSA) is 17.8 Å². The Bertz CT molecular complexity index is 231. The maximum Gasteiger partial charge on any atom is 0.0948 e. The highest BCUT2D eigenvalue weighted by atomic mass is 79.9. The fourth-order valence-electron chi connectivity index (χ4n) is 1.07. The highest BCUT2D eigenvalue weighted by molar-refractivity contribution is 9.09. The molecule has 2 unspecified atom stereocenters. The number of aromatic nitrogens is 2. The van der Waals surface area contributed by atoms with Crippen molar-refractivity contribution in [2.24, 2.45) is 0 Å². The lowest BCUT2D eigenvalue weighted by atomic mass is 10.2. The van der Waals surface area contributed by atoms with Gasteiger partial charge in [-0.05, 0) is 13.3 Å². The van der Waals surface area contributed by atoms with E-state index in [9.17, 15) is 0 Å². The van der Waals surface area contributed by atoms with Crippen LogP contribution in [0.5, 0.6) is 0 Å². The van der Waals surface area contributed by atoms with E-state index in [0.717, 1.165) is 6.42 Å². The van der Waals surface area contributed by atoms with Crippen molar-refractivity contribution in [3.63, 3.8) is 0 Å². The summed E-state index contributed by atoms with van der Waals surface area (Å²) in [6.45, 7) is 5.89. The molecule has 0 saturated carbocycles. The van der Waals surface area contributed by atoms with Crippen molar-refractivity contribution in [1.82, 2.24) is 9.55 Å². The number of imidazole rings is 1. The molecule has 0 bridgehead atoms. The molecule has 0 spiro atoms. The predicted octanol–water partition coefficient (Wildman–Crippen LogP) is 2.78. The van der Waals surface area contributed by atoms with Crippen molar-refractivity contribution < 1.29 is 0 Å². The first kappa shape index (κ1) is 9.52. The van der Waals surface area contributed by atoms with E-state index in [4.69, 9.17) is 0 Å². The van der Waals surface area contributed by atoms with Crippen LogP contribution in [0, 0.1) is 0 Å². The lowest BCUT2D eigenvalue weighted by Crippen LogP contribution is -2.07. The summed E-state index contributed by atoms with van der Waals surface area (Å²) >= 11 is 3.51. The number of nitrogens with zero attached hydrogens (tertiary/aromatic N) is 2. The zero-order valence-electron chi connectivity index (χ0n) is 7.15. The van der Waals surface area contributed by atoms with E-state index in [0.29, 0.717) is 10.9 Å². The Morgan fingerprint density at radius 1 is 1.75 bits per heavy atom. The molecule has 12 heavy (non-hydrogen) atoms. The molecule has 1 aromatic heterocycles. The molecule has 0 radical (unpaired) electrons. The maximum absolute atomic E-state index is 4.00. The molecule has 0 aliphatic carbocycles. The van der Waals surface area contributed by atoms with Crippen LogP contribution in [0.4, 0.5) is 0 Å². The van der Waals surface area contributed by atoms with E-state index in [1.54, 1.807) is 6.20 Å². The summed E-state index contributed by atoms with van der Waals surface area (Å²) in [6.07, 6.45) is 8.57. The van der Waals surface area contributed by atoms with Crippen molar-refractivity contribution in [3.05, 3.63) is 31.4 Å². The molecule has 66 valence electrons. The highest BCUT2D eigenvalue weighted by Gasteiger charge is 2.07. The molecule has 1 heterocycles. The van der Waals surface area contributed by atoms with Crippen LogP contribution >= 0.6 is 15.9 Å². The van der Waals surface area contributed by atoms with Crippen LogP contribution in [0.2, 0.25) is 0 Å². The SMILES string of the molecule is C=CC(Br)CC(C)n1ccnc1. The van der Waals surface area contributed by atoms with Gasteiger partial charge in [0.25, 0.3) is 0 Å². The van der Waals surface area contributed by atoms with Crippen LogP contribution in [0.3, 0.4) is 0 Å². The summed E-state index contributed by atoms with van der Waals surface area (Å²) in [4.78, 5) is 4.38. The number of halogens is 1. The van der Waals surface area contributed by atoms with E-state index < -0.39 is 0 Å². The summed E-state index contributed by atoms with van der Waals surface area (Å²) in [7, 11) is 0. The van der Waals surface area contributed by atoms with Gasteiger partial charge in [-0.15, -0.1) is 6.58 Å². The van der Waals surface area contributed by atoms with Gasteiger partial charge < -0.3 is 4.57 Å². The van der Waals surface area contributed by atoms with Crippen molar-refractivity contribution >= 4 is 15.9 Å². The molecular weight excluding hydrogens is 216 g/mol. The predicted molar refractivity (Wildman–Crippen MR) is 54.5 cm³/mol. The smallest absolute Gasteiger partial charge is 0.0948 e. The van der Waals surface area contributed by atoms with Gasteiger partial charge in [0, 0.05) is 23.3 Å². The van der Waals surface area contributed by atoms with Crippen molar-refractivity contribution in [2.75, 3.05) is 0 Å². The second kappa shape index (κ2) is 4.45. The first-order valence-electron chi connectivity index (χ1n) is 3.98. The van der Waals surface area contributed by atoms with Gasteiger partial charge in [0.2, 0.25) is 0 Å². The number of alkyl halides is 1. The molecule has 2 nitrogen and oxygen atoms in total. The minimum absolute atomic E-state index is 0.384. The fourth-order valence-corrected chi connectivity index (χ4v) is 1.61. The second-order valence-corrected chi connectivity index (χ2v) is 4.02. The average Bonchev–Trinajstić information content (AvgIpc) is 2.56. The van der Waals surface area contributed by atoms with Gasteiger partial charge in [-0.1, -0.05) is 22.0 Å². The molecular formula is C9H13BrN2. The van der Waals surface area contributed by atoms with Gasteiger partial charge in [-0.2, -0.15) is 0 Å². The Hall–Kier alpha value is -0.570. The monoisotopic (exact) mass is 228 g/mol. The molecule has 0 aliphatic heterocycles. The standard InChI is InChI=1S/C9H13BrN2/c1-3-9(10)6-8(2)12-5-4-11-7-12/h3-5,7-9H,1,6H2,2H3. The molecule has 0 aromatic carbocycles. The van der Waals surface area contributed by atoms with Gasteiger partial charge in [0.15, 0.2) is 0 Å². The third-order valence-electron chi connectivity index (χ3n) is 1.86. The molecule has 3 heteroatoms. The minimum atomic E-state index is 0.384. The zero-order valence-corrected chi connectivity index (χ0v) is 8.74. The van der Waals surface area contributed by atoms with Gasteiger partial charge in [0.1, 0.15) is 0 Å². The van der Waals surface area contributed by atoms with E-state index >= 15 is 0 Å². The Morgan fingerprint density at radius 2 is 2.50 bits per heavy atom. The Morgan fingerprint density at radius 3 is 3.00 bits per heavy atom. The van der Waals surface area contributed by atoms with Gasteiger partial charge >= 0.3 is 0 Å². The van der Waals surface area contributed by atoms with Crippen molar-refractivity contribution in [1.29, 1.82) is 0 Å². The molecule has 0 fully saturated rings. The number of hydrogen-bond donors (Lipinski definition) is 0. The Labute approximate surface area is 81.4 Å². The summed E-state index contributed by atoms with van der Waals surface area (Å²) in [5.41, 5.74) is 0. The normalized spacial score (nSPS) is 15.5.